The highest BCUT2D eigenvalue weighted by molar-refractivity contribution is 6.04. The van der Waals surface area contributed by atoms with E-state index >= 15 is 0 Å². The highest BCUT2D eigenvalue weighted by Crippen LogP contribution is 2.16. The third kappa shape index (κ3) is 2.29. The molecule has 1 fully saturated rings. The van der Waals surface area contributed by atoms with Crippen molar-refractivity contribution in [2.24, 2.45) is 0 Å². The molecule has 1 aromatic carbocycles. The summed E-state index contributed by atoms with van der Waals surface area (Å²) >= 11 is 0. The third-order valence-electron chi connectivity index (χ3n) is 2.84. The van der Waals surface area contributed by atoms with Crippen LogP contribution in [0.25, 0.3) is 0 Å². The number of aliphatic hydroxyl groups is 1. The van der Waals surface area contributed by atoms with Crippen molar-refractivity contribution in [1.82, 2.24) is 4.90 Å². The zero-order chi connectivity index (χ0) is 12.4. The Morgan fingerprint density at radius 2 is 1.88 bits per heavy atom. The van der Waals surface area contributed by atoms with Crippen LogP contribution < -0.4 is 0 Å². The summed E-state index contributed by atoms with van der Waals surface area (Å²) in [5.74, 6) is -1.45. The zero-order valence-corrected chi connectivity index (χ0v) is 9.17. The molecule has 0 saturated carbocycles. The minimum absolute atomic E-state index is 0.00103. The Morgan fingerprint density at radius 1 is 1.24 bits per heavy atom. The Bertz CT molecular complexity index is 458. The molecule has 1 atom stereocenters. The van der Waals surface area contributed by atoms with Crippen LogP contribution in [0.5, 0.6) is 0 Å². The van der Waals surface area contributed by atoms with Gasteiger partial charge in [0.2, 0.25) is 0 Å². The number of nitrogens with zero attached hydrogens (tertiary/aromatic N) is 1. The molecule has 2 N–H and O–H groups in total. The summed E-state index contributed by atoms with van der Waals surface area (Å²) in [4.78, 5) is 24.5. The molecule has 0 unspecified atom stereocenters. The van der Waals surface area contributed by atoms with Gasteiger partial charge in [0.25, 0.3) is 5.91 Å². The maximum atomic E-state index is 12.1. The van der Waals surface area contributed by atoms with E-state index in [1.165, 1.54) is 17.0 Å². The van der Waals surface area contributed by atoms with Gasteiger partial charge in [0.05, 0.1) is 17.2 Å². The second kappa shape index (κ2) is 4.55. The molecule has 1 aliphatic heterocycles. The van der Waals surface area contributed by atoms with Crippen molar-refractivity contribution in [2.75, 3.05) is 13.1 Å². The van der Waals surface area contributed by atoms with Gasteiger partial charge in [0, 0.05) is 13.1 Å². The van der Waals surface area contributed by atoms with Gasteiger partial charge >= 0.3 is 5.97 Å². The number of β-amino-alcohol motifs (C(OH)–C–C–N with tert-alkyl or cyclic N) is 1. The van der Waals surface area contributed by atoms with Gasteiger partial charge in [-0.05, 0) is 18.6 Å². The number of aromatic carboxylic acids is 1. The van der Waals surface area contributed by atoms with Crippen LogP contribution in [-0.2, 0) is 0 Å². The quantitative estimate of drug-likeness (QED) is 0.786. The van der Waals surface area contributed by atoms with Gasteiger partial charge in [-0.15, -0.1) is 0 Å². The average Bonchev–Trinajstić information content (AvgIpc) is 2.75. The monoisotopic (exact) mass is 235 g/mol. The number of carbonyl (C=O) groups excluding carboxylic acids is 1. The van der Waals surface area contributed by atoms with Crippen molar-refractivity contribution in [3.8, 4) is 0 Å². The molecule has 1 heterocycles. The number of benzene rings is 1. The lowest BCUT2D eigenvalue weighted by Crippen LogP contribution is -2.30. The summed E-state index contributed by atoms with van der Waals surface area (Å²) < 4.78 is 0. The molecular formula is C12H13NO4. The molecule has 0 aliphatic carbocycles. The van der Waals surface area contributed by atoms with Crippen molar-refractivity contribution in [2.45, 2.75) is 12.5 Å². The molecule has 1 saturated heterocycles. The molecule has 1 aliphatic rings. The number of rotatable bonds is 2. The lowest BCUT2D eigenvalue weighted by Gasteiger charge is -2.16. The van der Waals surface area contributed by atoms with Crippen LogP contribution in [0.1, 0.15) is 27.1 Å². The van der Waals surface area contributed by atoms with Gasteiger partial charge < -0.3 is 15.1 Å². The van der Waals surface area contributed by atoms with Crippen LogP contribution in [0.4, 0.5) is 0 Å². The summed E-state index contributed by atoms with van der Waals surface area (Å²) in [6.07, 6.45) is 0.0389. The predicted octanol–water partition coefficient (Wildman–Crippen LogP) is 0.592. The molecule has 0 aromatic heterocycles. The first-order valence-corrected chi connectivity index (χ1v) is 5.39. The number of carboxylic acids is 1. The number of amides is 1. The van der Waals surface area contributed by atoms with Gasteiger partial charge in [-0.1, -0.05) is 12.1 Å². The number of carbonyl (C=O) groups is 2. The molecule has 17 heavy (non-hydrogen) atoms. The fraction of sp³-hybridized carbons (Fsp3) is 0.333. The Kier molecular flexibility index (Phi) is 3.10. The van der Waals surface area contributed by atoms with E-state index in [1.54, 1.807) is 12.1 Å². The molecule has 90 valence electrons. The molecule has 0 spiro atoms. The van der Waals surface area contributed by atoms with Gasteiger partial charge in [-0.2, -0.15) is 0 Å². The number of carboxylic acid groups (broad SMARTS) is 1. The topological polar surface area (TPSA) is 77.8 Å². The summed E-state index contributed by atoms with van der Waals surface area (Å²) in [6.45, 7) is 0.737. The Balaban J connectivity index is 2.28. The van der Waals surface area contributed by atoms with Gasteiger partial charge in [-0.25, -0.2) is 4.79 Å². The SMILES string of the molecule is O=C(O)c1ccccc1C(=O)N1CC[C@H](O)C1. The molecule has 5 heteroatoms. The molecule has 5 nitrogen and oxygen atoms in total. The van der Waals surface area contributed by atoms with E-state index in [0.717, 1.165) is 0 Å². The van der Waals surface area contributed by atoms with E-state index < -0.39 is 12.1 Å². The number of aliphatic hydroxyl groups excluding tert-OH is 1. The van der Waals surface area contributed by atoms with E-state index in [0.29, 0.717) is 13.0 Å². The molecular weight excluding hydrogens is 222 g/mol. The van der Waals surface area contributed by atoms with Gasteiger partial charge in [0.15, 0.2) is 0 Å². The second-order valence-corrected chi connectivity index (χ2v) is 4.04. The summed E-state index contributed by atoms with van der Waals surface area (Å²) in [5.41, 5.74) is 0.174. The van der Waals surface area contributed by atoms with Crippen molar-refractivity contribution >= 4 is 11.9 Å². The summed E-state index contributed by atoms with van der Waals surface area (Å²) in [7, 11) is 0. The van der Waals surface area contributed by atoms with Crippen LogP contribution in [0.3, 0.4) is 0 Å². The van der Waals surface area contributed by atoms with Crippen LogP contribution >= 0.6 is 0 Å². The van der Waals surface area contributed by atoms with Crippen molar-refractivity contribution in [3.05, 3.63) is 35.4 Å². The van der Waals surface area contributed by atoms with Crippen LogP contribution in [-0.4, -0.2) is 46.2 Å². The predicted molar refractivity (Wildman–Crippen MR) is 59.9 cm³/mol. The summed E-state index contributed by atoms with van der Waals surface area (Å²) in [5, 5.41) is 18.4. The van der Waals surface area contributed by atoms with Crippen LogP contribution in [0, 0.1) is 0 Å². The minimum Gasteiger partial charge on any atom is -0.478 e. The molecule has 0 radical (unpaired) electrons. The van der Waals surface area contributed by atoms with Crippen molar-refractivity contribution in [3.63, 3.8) is 0 Å². The summed E-state index contributed by atoms with van der Waals surface area (Å²) in [6, 6.07) is 6.11. The minimum atomic E-state index is -1.12. The zero-order valence-electron chi connectivity index (χ0n) is 9.17. The van der Waals surface area contributed by atoms with Crippen molar-refractivity contribution in [1.29, 1.82) is 0 Å². The van der Waals surface area contributed by atoms with Crippen LogP contribution in [0.15, 0.2) is 24.3 Å². The Morgan fingerprint density at radius 3 is 2.41 bits per heavy atom. The molecule has 2 rings (SSSR count). The fourth-order valence-electron chi connectivity index (χ4n) is 1.95. The third-order valence-corrected chi connectivity index (χ3v) is 2.84. The van der Waals surface area contributed by atoms with Gasteiger partial charge in [0.1, 0.15) is 0 Å². The first-order valence-electron chi connectivity index (χ1n) is 5.39. The van der Waals surface area contributed by atoms with E-state index in [2.05, 4.69) is 0 Å². The number of hydrogen-bond donors (Lipinski definition) is 2. The first kappa shape index (κ1) is 11.6. The molecule has 1 aromatic rings. The largest absolute Gasteiger partial charge is 0.478 e. The highest BCUT2D eigenvalue weighted by atomic mass is 16.4. The smallest absolute Gasteiger partial charge is 0.336 e. The van der Waals surface area contributed by atoms with E-state index in [-0.39, 0.29) is 23.6 Å². The lowest BCUT2D eigenvalue weighted by molar-refractivity contribution is 0.0678. The highest BCUT2D eigenvalue weighted by Gasteiger charge is 2.27. The Hall–Kier alpha value is -1.88. The maximum absolute atomic E-state index is 12.1. The average molecular weight is 235 g/mol. The van der Waals surface area contributed by atoms with E-state index in [9.17, 15) is 14.7 Å². The second-order valence-electron chi connectivity index (χ2n) is 4.04. The van der Waals surface area contributed by atoms with Gasteiger partial charge in [-0.3, -0.25) is 4.79 Å². The Labute approximate surface area is 98.3 Å². The van der Waals surface area contributed by atoms with E-state index in [4.69, 9.17) is 5.11 Å². The lowest BCUT2D eigenvalue weighted by atomic mass is 10.1. The number of hydrogen-bond acceptors (Lipinski definition) is 3. The molecule has 0 bridgehead atoms. The first-order chi connectivity index (χ1) is 8.09. The number of likely N-dealkylation sites (tertiary alicyclic amines) is 1. The van der Waals surface area contributed by atoms with E-state index in [1.807, 2.05) is 0 Å². The molecule has 1 amide bonds. The maximum Gasteiger partial charge on any atom is 0.336 e. The van der Waals surface area contributed by atoms with Crippen molar-refractivity contribution < 1.29 is 19.8 Å². The normalized spacial score (nSPS) is 19.4. The fourth-order valence-corrected chi connectivity index (χ4v) is 1.95. The van der Waals surface area contributed by atoms with Crippen LogP contribution in [0.2, 0.25) is 0 Å². The standard InChI is InChI=1S/C12H13NO4/c14-8-5-6-13(7-8)11(15)9-3-1-2-4-10(9)12(16)17/h1-4,8,14H,5-7H2,(H,16,17)/t8-/m0/s1.